The Kier molecular flexibility index (Phi) is 4.80. The zero-order valence-corrected chi connectivity index (χ0v) is 18.7. The van der Waals surface area contributed by atoms with Crippen molar-refractivity contribution in [3.63, 3.8) is 0 Å². The second kappa shape index (κ2) is 7.34. The fourth-order valence-corrected chi connectivity index (χ4v) is 5.43. The van der Waals surface area contributed by atoms with Crippen LogP contribution in [0.3, 0.4) is 0 Å². The van der Waals surface area contributed by atoms with Crippen LogP contribution in [-0.4, -0.2) is 32.2 Å². The Bertz CT molecular complexity index is 1390. The summed E-state index contributed by atoms with van der Waals surface area (Å²) in [6, 6.07) is 11.0. The number of aromatic nitrogens is 3. The third-order valence-electron chi connectivity index (χ3n) is 5.53. The Balaban J connectivity index is 1.93. The van der Waals surface area contributed by atoms with Gasteiger partial charge in [0.05, 0.1) is 23.0 Å². The highest BCUT2D eigenvalue weighted by Crippen LogP contribution is 2.27. The molecule has 5 rings (SSSR count). The van der Waals surface area contributed by atoms with Gasteiger partial charge in [0.2, 0.25) is 0 Å². The lowest BCUT2D eigenvalue weighted by Crippen LogP contribution is -2.41. The van der Waals surface area contributed by atoms with E-state index in [-0.39, 0.29) is 11.1 Å². The third-order valence-corrected chi connectivity index (χ3v) is 6.59. The normalized spacial score (nSPS) is 15.5. The summed E-state index contributed by atoms with van der Waals surface area (Å²) in [5, 5.41) is 1.72. The first-order chi connectivity index (χ1) is 14.0. The molecule has 0 bridgehead atoms. The van der Waals surface area contributed by atoms with Gasteiger partial charge in [-0.15, -0.1) is 0 Å². The highest BCUT2D eigenvalue weighted by Gasteiger charge is 2.19. The fourth-order valence-electron chi connectivity index (χ4n) is 4.12. The summed E-state index contributed by atoms with van der Waals surface area (Å²) >= 11 is 6.98. The van der Waals surface area contributed by atoms with Gasteiger partial charge in [-0.05, 0) is 60.1 Å². The molecule has 0 spiro atoms. The van der Waals surface area contributed by atoms with E-state index in [1.54, 1.807) is 16.8 Å². The van der Waals surface area contributed by atoms with Crippen LogP contribution in [0.2, 0.25) is 0 Å². The maximum Gasteiger partial charge on any atom is 0.280 e. The summed E-state index contributed by atoms with van der Waals surface area (Å²) in [5.74, 6) is 0. The fraction of sp³-hybridized carbons (Fsp3) is 0.286. The number of benzene rings is 2. The molecule has 0 atom stereocenters. The molecular weight excluding hydrogens is 500 g/mol. The predicted molar refractivity (Wildman–Crippen MR) is 122 cm³/mol. The number of likely N-dealkylation sites (tertiary alicyclic amines) is 1. The van der Waals surface area contributed by atoms with Crippen LogP contribution in [0.5, 0.6) is 0 Å². The smallest absolute Gasteiger partial charge is 0.280 e. The van der Waals surface area contributed by atoms with Crippen LogP contribution in [-0.2, 0) is 6.67 Å². The molecule has 1 aliphatic heterocycles. The van der Waals surface area contributed by atoms with Gasteiger partial charge in [-0.3, -0.25) is 14.5 Å². The van der Waals surface area contributed by atoms with Crippen molar-refractivity contribution in [2.75, 3.05) is 13.1 Å². The Hall–Kier alpha value is -2.03. The summed E-state index contributed by atoms with van der Waals surface area (Å²) in [6.07, 6.45) is 3.42. The standard InChI is InChI=1S/C21H18Br2N4O2/c22-13-10-16-18(17(23)11-13)24-19-14-6-2-3-7-15(14)20(28)26(27(19)21(16)29)12-25-8-4-1-5-9-25/h2-3,6-7,10-11H,1,4-5,8-9,12H2. The van der Waals surface area contributed by atoms with Crippen molar-refractivity contribution in [2.45, 2.75) is 25.9 Å². The van der Waals surface area contributed by atoms with E-state index in [0.29, 0.717) is 34.0 Å². The van der Waals surface area contributed by atoms with Crippen molar-refractivity contribution in [1.29, 1.82) is 0 Å². The van der Waals surface area contributed by atoms with Gasteiger partial charge in [0.25, 0.3) is 11.1 Å². The second-order valence-electron chi connectivity index (χ2n) is 7.41. The summed E-state index contributed by atoms with van der Waals surface area (Å²) < 4.78 is 4.52. The van der Waals surface area contributed by atoms with Crippen molar-refractivity contribution in [3.8, 4) is 0 Å². The molecule has 2 aromatic carbocycles. The van der Waals surface area contributed by atoms with Crippen molar-refractivity contribution >= 4 is 59.2 Å². The lowest BCUT2D eigenvalue weighted by molar-refractivity contribution is 0.166. The van der Waals surface area contributed by atoms with E-state index in [1.165, 1.54) is 10.9 Å². The molecule has 0 amide bonds. The van der Waals surface area contributed by atoms with E-state index in [1.807, 2.05) is 24.3 Å². The van der Waals surface area contributed by atoms with E-state index in [4.69, 9.17) is 4.98 Å². The average Bonchev–Trinajstić information content (AvgIpc) is 2.73. The lowest BCUT2D eigenvalue weighted by atomic mass is 10.1. The van der Waals surface area contributed by atoms with E-state index >= 15 is 0 Å². The van der Waals surface area contributed by atoms with Crippen LogP contribution in [0.4, 0.5) is 0 Å². The summed E-state index contributed by atoms with van der Waals surface area (Å²) in [5.41, 5.74) is 0.673. The summed E-state index contributed by atoms with van der Waals surface area (Å²) in [7, 11) is 0. The molecule has 0 N–H and O–H groups in total. The van der Waals surface area contributed by atoms with Crippen LogP contribution in [0.15, 0.2) is 54.9 Å². The second-order valence-corrected chi connectivity index (χ2v) is 9.18. The molecule has 1 saturated heterocycles. The third kappa shape index (κ3) is 3.14. The number of nitrogens with zero attached hydrogens (tertiary/aromatic N) is 4. The zero-order chi connectivity index (χ0) is 20.1. The SMILES string of the molecule is O=c1c2ccccc2c2nc3c(Br)cc(Br)cc3c(=O)n2n1CN1CCCCC1. The first-order valence-corrected chi connectivity index (χ1v) is 11.2. The molecule has 29 heavy (non-hydrogen) atoms. The molecule has 4 aromatic rings. The molecule has 8 heteroatoms. The minimum atomic E-state index is -0.244. The van der Waals surface area contributed by atoms with Gasteiger partial charge in [-0.1, -0.05) is 40.5 Å². The number of piperidine rings is 1. The van der Waals surface area contributed by atoms with Gasteiger partial charge in [-0.25, -0.2) is 9.67 Å². The Labute approximate surface area is 183 Å². The van der Waals surface area contributed by atoms with Gasteiger partial charge in [0.1, 0.15) is 0 Å². The van der Waals surface area contributed by atoms with Crippen LogP contribution in [0.25, 0.3) is 27.3 Å². The molecule has 0 radical (unpaired) electrons. The molecule has 2 aromatic heterocycles. The van der Waals surface area contributed by atoms with Gasteiger partial charge in [0, 0.05) is 14.3 Å². The maximum absolute atomic E-state index is 13.6. The monoisotopic (exact) mass is 516 g/mol. The topological polar surface area (TPSA) is 59.6 Å². The lowest BCUT2D eigenvalue weighted by Gasteiger charge is -2.27. The van der Waals surface area contributed by atoms with E-state index in [2.05, 4.69) is 36.8 Å². The van der Waals surface area contributed by atoms with Crippen molar-refractivity contribution in [3.05, 3.63) is 66.1 Å². The number of hydrogen-bond donors (Lipinski definition) is 0. The summed E-state index contributed by atoms with van der Waals surface area (Å²) in [6.45, 7) is 2.23. The predicted octanol–water partition coefficient (Wildman–Crippen LogP) is 4.13. The summed E-state index contributed by atoms with van der Waals surface area (Å²) in [4.78, 5) is 34.0. The van der Waals surface area contributed by atoms with Gasteiger partial charge in [0.15, 0.2) is 5.65 Å². The van der Waals surface area contributed by atoms with Crippen LogP contribution >= 0.6 is 31.9 Å². The van der Waals surface area contributed by atoms with Gasteiger partial charge >= 0.3 is 0 Å². The first-order valence-electron chi connectivity index (χ1n) is 9.60. The number of rotatable bonds is 2. The molecule has 3 heterocycles. The molecule has 6 nitrogen and oxygen atoms in total. The van der Waals surface area contributed by atoms with Gasteiger partial charge < -0.3 is 0 Å². The van der Waals surface area contributed by atoms with Crippen molar-refractivity contribution < 1.29 is 0 Å². The highest BCUT2D eigenvalue weighted by atomic mass is 79.9. The Morgan fingerprint density at radius 3 is 2.38 bits per heavy atom. The van der Waals surface area contributed by atoms with E-state index in [9.17, 15) is 9.59 Å². The molecular formula is C21H18Br2N4O2. The molecule has 0 aliphatic carbocycles. The average molecular weight is 518 g/mol. The number of halogens is 2. The van der Waals surface area contributed by atoms with Gasteiger partial charge in [-0.2, -0.15) is 4.52 Å². The molecule has 1 aliphatic rings. The minimum Gasteiger partial charge on any atom is -0.284 e. The quantitative estimate of drug-likeness (QED) is 0.296. The van der Waals surface area contributed by atoms with E-state index < -0.39 is 0 Å². The van der Waals surface area contributed by atoms with Crippen LogP contribution in [0, 0.1) is 0 Å². The molecule has 1 fully saturated rings. The molecule has 0 unspecified atom stereocenters. The Morgan fingerprint density at radius 1 is 0.897 bits per heavy atom. The van der Waals surface area contributed by atoms with Crippen molar-refractivity contribution in [1.82, 2.24) is 19.1 Å². The minimum absolute atomic E-state index is 0.170. The largest absolute Gasteiger partial charge is 0.284 e. The van der Waals surface area contributed by atoms with Crippen molar-refractivity contribution in [2.24, 2.45) is 0 Å². The molecule has 148 valence electrons. The Morgan fingerprint density at radius 2 is 1.62 bits per heavy atom. The highest BCUT2D eigenvalue weighted by molar-refractivity contribution is 9.11. The van der Waals surface area contributed by atoms with E-state index in [0.717, 1.165) is 34.9 Å². The zero-order valence-electron chi connectivity index (χ0n) is 15.6. The number of hydrogen-bond acceptors (Lipinski definition) is 4. The van der Waals surface area contributed by atoms with Crippen LogP contribution < -0.4 is 11.1 Å². The first kappa shape index (κ1) is 19.0. The number of fused-ring (bicyclic) bond motifs is 4. The molecule has 0 saturated carbocycles. The van der Waals surface area contributed by atoms with Crippen LogP contribution in [0.1, 0.15) is 19.3 Å². The maximum atomic E-state index is 13.6.